The lowest BCUT2D eigenvalue weighted by molar-refractivity contribution is -0.143. The van der Waals surface area contributed by atoms with E-state index < -0.39 is 23.8 Å². The predicted molar refractivity (Wildman–Crippen MR) is 172 cm³/mol. The molecule has 0 spiro atoms. The van der Waals surface area contributed by atoms with Crippen LogP contribution in [0.5, 0.6) is 23.0 Å². The van der Waals surface area contributed by atoms with Gasteiger partial charge in [-0.15, -0.1) is 0 Å². The van der Waals surface area contributed by atoms with E-state index in [1.807, 2.05) is 78.5 Å². The van der Waals surface area contributed by atoms with Crippen molar-refractivity contribution in [2.45, 2.75) is 38.6 Å². The molecule has 240 valence electrons. The first-order valence-electron chi connectivity index (χ1n) is 15.5. The lowest BCUT2D eigenvalue weighted by Gasteiger charge is -2.27. The highest BCUT2D eigenvalue weighted by Gasteiger charge is 2.48. The molecule has 0 saturated carbocycles. The van der Waals surface area contributed by atoms with Gasteiger partial charge in [0.25, 0.3) is 0 Å². The number of amides is 1. The number of carboxylic acid groups (broad SMARTS) is 1. The summed E-state index contributed by atoms with van der Waals surface area (Å²) in [5.74, 6) is -0.220. The average molecular weight is 618 g/mol. The lowest BCUT2D eigenvalue weighted by Crippen LogP contribution is -2.35. The van der Waals surface area contributed by atoms with Crippen LogP contribution < -0.4 is 24.3 Å². The molecule has 2 aliphatic rings. The summed E-state index contributed by atoms with van der Waals surface area (Å²) in [4.78, 5) is 30.8. The van der Waals surface area contributed by atoms with Crippen molar-refractivity contribution in [1.82, 2.24) is 9.80 Å². The van der Waals surface area contributed by atoms with Crippen molar-refractivity contribution in [3.63, 3.8) is 0 Å². The van der Waals surface area contributed by atoms with Crippen LogP contribution in [-0.4, -0.2) is 81.0 Å². The number of hydrogen-bond acceptors (Lipinski definition) is 8. The van der Waals surface area contributed by atoms with E-state index in [9.17, 15) is 14.7 Å². The van der Waals surface area contributed by atoms with Crippen molar-refractivity contribution in [1.29, 1.82) is 0 Å². The van der Waals surface area contributed by atoms with Crippen molar-refractivity contribution in [2.75, 3.05) is 59.6 Å². The number of ether oxygens (including phenoxy) is 4. The normalized spacial score (nSPS) is 19.1. The van der Waals surface area contributed by atoms with E-state index in [0.29, 0.717) is 36.1 Å². The summed E-state index contributed by atoms with van der Waals surface area (Å²) in [5.41, 5.74) is 4.53. The largest absolute Gasteiger partial charge is 0.493 e. The number of carbonyl (C=O) groups is 2. The average Bonchev–Trinajstić information content (AvgIpc) is 3.66. The van der Waals surface area contributed by atoms with Gasteiger partial charge >= 0.3 is 5.97 Å². The maximum atomic E-state index is 13.7. The molecule has 0 aromatic heterocycles. The van der Waals surface area contributed by atoms with E-state index >= 15 is 0 Å². The number of aryl methyl sites for hydroxylation is 2. The third-order valence-electron chi connectivity index (χ3n) is 8.63. The molecule has 3 aromatic carbocycles. The number of para-hydroxylation sites is 1. The molecule has 5 rings (SSSR count). The maximum Gasteiger partial charge on any atom is 0.309 e. The summed E-state index contributed by atoms with van der Waals surface area (Å²) in [5, 5.41) is 13.9. The van der Waals surface area contributed by atoms with Crippen LogP contribution in [0.15, 0.2) is 54.6 Å². The number of carbonyl (C=O) groups excluding carboxylic acids is 1. The quantitative estimate of drug-likeness (QED) is 0.275. The molecule has 2 heterocycles. The van der Waals surface area contributed by atoms with Gasteiger partial charge in [-0.2, -0.15) is 0 Å². The SMILES string of the molecule is CCc1cccc(CC)c1NC(=O)CN1C[C@H](c2cc(OC)c3c(c2)OCO3)C(C(=O)O)[C@@H]1c1ccc(OCCN(C)C)cc1. The molecule has 3 aromatic rings. The molecular formula is C35H43N3O7. The molecule has 1 unspecified atom stereocenters. The Morgan fingerprint density at radius 2 is 1.73 bits per heavy atom. The zero-order valence-corrected chi connectivity index (χ0v) is 26.7. The van der Waals surface area contributed by atoms with Gasteiger partial charge in [0, 0.05) is 30.7 Å². The number of nitrogens with one attached hydrogen (secondary N) is 1. The third kappa shape index (κ3) is 7.02. The highest BCUT2D eigenvalue weighted by Crippen LogP contribution is 2.50. The second kappa shape index (κ2) is 14.2. The molecule has 10 nitrogen and oxygen atoms in total. The Bertz CT molecular complexity index is 1490. The number of likely N-dealkylation sites (tertiary alicyclic amines) is 1. The van der Waals surface area contributed by atoms with Gasteiger partial charge in [0.1, 0.15) is 12.4 Å². The van der Waals surface area contributed by atoms with Gasteiger partial charge < -0.3 is 34.3 Å². The lowest BCUT2D eigenvalue weighted by atomic mass is 9.82. The Hall–Kier alpha value is -4.28. The van der Waals surface area contributed by atoms with Gasteiger partial charge in [-0.3, -0.25) is 14.5 Å². The first-order chi connectivity index (χ1) is 21.7. The number of methoxy groups -OCH3 is 1. The zero-order chi connectivity index (χ0) is 32.1. The van der Waals surface area contributed by atoms with Gasteiger partial charge in [-0.25, -0.2) is 0 Å². The monoisotopic (exact) mass is 617 g/mol. The van der Waals surface area contributed by atoms with Gasteiger partial charge in [0.15, 0.2) is 11.5 Å². The minimum Gasteiger partial charge on any atom is -0.493 e. The standard InChI is InChI=1S/C35H43N3O7/c1-6-22-9-8-10-23(7-2)32(22)36-30(39)20-38-19-27(25-17-28(42-5)34-29(18-25)44-21-45-34)31(35(40)41)33(38)24-11-13-26(14-12-24)43-16-15-37(3)4/h8-14,17-18,27,31,33H,6-7,15-16,19-21H2,1-5H3,(H,36,39)(H,40,41)/t27-,31?,33+/m1/s1. The first kappa shape index (κ1) is 32.1. The molecule has 45 heavy (non-hydrogen) atoms. The molecule has 1 fully saturated rings. The number of likely N-dealkylation sites (N-methyl/N-ethyl adjacent to an activating group) is 1. The first-order valence-corrected chi connectivity index (χ1v) is 15.5. The smallest absolute Gasteiger partial charge is 0.309 e. The van der Waals surface area contributed by atoms with Crippen LogP contribution in [0, 0.1) is 5.92 Å². The summed E-state index contributed by atoms with van der Waals surface area (Å²) in [6.45, 7) is 5.87. The zero-order valence-electron chi connectivity index (χ0n) is 26.7. The van der Waals surface area contributed by atoms with E-state index in [1.165, 1.54) is 0 Å². The van der Waals surface area contributed by atoms with Crippen LogP contribution in [-0.2, 0) is 22.4 Å². The highest BCUT2D eigenvalue weighted by molar-refractivity contribution is 5.94. The fraction of sp³-hybridized carbons (Fsp3) is 0.429. The van der Waals surface area contributed by atoms with E-state index in [-0.39, 0.29) is 19.2 Å². The van der Waals surface area contributed by atoms with Crippen LogP contribution in [0.3, 0.4) is 0 Å². The number of hydrogen-bond donors (Lipinski definition) is 2. The van der Waals surface area contributed by atoms with Gasteiger partial charge in [0.2, 0.25) is 18.4 Å². The Morgan fingerprint density at radius 1 is 1.02 bits per heavy atom. The van der Waals surface area contributed by atoms with E-state index in [1.54, 1.807) is 7.11 Å². The Morgan fingerprint density at radius 3 is 2.36 bits per heavy atom. The van der Waals surface area contributed by atoms with E-state index in [2.05, 4.69) is 19.2 Å². The summed E-state index contributed by atoms with van der Waals surface area (Å²) < 4.78 is 22.7. The van der Waals surface area contributed by atoms with Crippen molar-refractivity contribution in [3.05, 3.63) is 76.9 Å². The molecule has 1 amide bonds. The topological polar surface area (TPSA) is 110 Å². The van der Waals surface area contributed by atoms with Crippen molar-refractivity contribution >= 4 is 17.6 Å². The molecule has 2 aliphatic heterocycles. The molecular weight excluding hydrogens is 574 g/mol. The summed E-state index contributed by atoms with van der Waals surface area (Å²) in [6, 6.07) is 16.7. The summed E-state index contributed by atoms with van der Waals surface area (Å²) >= 11 is 0. The number of nitrogens with zero attached hydrogens (tertiary/aromatic N) is 2. The van der Waals surface area contributed by atoms with Crippen molar-refractivity contribution in [3.8, 4) is 23.0 Å². The Balaban J connectivity index is 1.48. The molecule has 2 N–H and O–H groups in total. The number of fused-ring (bicyclic) bond motifs is 1. The van der Waals surface area contributed by atoms with Crippen LogP contribution in [0.4, 0.5) is 5.69 Å². The molecule has 0 bridgehead atoms. The molecule has 1 saturated heterocycles. The minimum atomic E-state index is -0.944. The van der Waals surface area contributed by atoms with Gasteiger partial charge in [0.05, 0.1) is 19.6 Å². The van der Waals surface area contributed by atoms with E-state index in [0.717, 1.165) is 47.3 Å². The Labute approximate surface area is 264 Å². The third-order valence-corrected chi connectivity index (χ3v) is 8.63. The van der Waals surface area contributed by atoms with Crippen LogP contribution >= 0.6 is 0 Å². The number of rotatable bonds is 13. The second-order valence-corrected chi connectivity index (χ2v) is 11.7. The highest BCUT2D eigenvalue weighted by atomic mass is 16.7. The maximum absolute atomic E-state index is 13.7. The van der Waals surface area contributed by atoms with Gasteiger partial charge in [-0.1, -0.05) is 44.2 Å². The van der Waals surface area contributed by atoms with Gasteiger partial charge in [-0.05, 0) is 73.5 Å². The summed E-state index contributed by atoms with van der Waals surface area (Å²) in [7, 11) is 5.52. The number of aliphatic carboxylic acids is 1. The number of benzene rings is 3. The van der Waals surface area contributed by atoms with Crippen molar-refractivity contribution < 1.29 is 33.6 Å². The van der Waals surface area contributed by atoms with Crippen LogP contribution in [0.1, 0.15) is 48.1 Å². The molecule has 0 radical (unpaired) electrons. The van der Waals surface area contributed by atoms with Crippen LogP contribution in [0.2, 0.25) is 0 Å². The molecule has 10 heteroatoms. The number of carboxylic acids is 1. The second-order valence-electron chi connectivity index (χ2n) is 11.7. The Kier molecular flexibility index (Phi) is 10.1. The summed E-state index contributed by atoms with van der Waals surface area (Å²) in [6.07, 6.45) is 1.57. The van der Waals surface area contributed by atoms with E-state index in [4.69, 9.17) is 18.9 Å². The van der Waals surface area contributed by atoms with Crippen LogP contribution in [0.25, 0.3) is 0 Å². The molecule has 0 aliphatic carbocycles. The minimum absolute atomic E-state index is 0.0227. The fourth-order valence-electron chi connectivity index (χ4n) is 6.37. The van der Waals surface area contributed by atoms with Crippen molar-refractivity contribution in [2.24, 2.45) is 5.92 Å². The number of anilines is 1. The predicted octanol–water partition coefficient (Wildman–Crippen LogP) is 4.97. The molecule has 3 atom stereocenters. The fourth-order valence-corrected chi connectivity index (χ4v) is 6.37.